The first-order chi connectivity index (χ1) is 8.63. The van der Waals surface area contributed by atoms with E-state index in [9.17, 15) is 4.79 Å². The smallest absolute Gasteiger partial charge is 0.237 e. The first-order valence-electron chi connectivity index (χ1n) is 6.90. The van der Waals surface area contributed by atoms with Crippen LogP contribution in [0.4, 0.5) is 0 Å². The lowest BCUT2D eigenvalue weighted by molar-refractivity contribution is -0.123. The number of methoxy groups -OCH3 is 1. The molecule has 1 amide bonds. The Bertz CT molecular complexity index is 242. The maximum Gasteiger partial charge on any atom is 0.237 e. The summed E-state index contributed by atoms with van der Waals surface area (Å²) in [5, 5.41) is 2.97. The van der Waals surface area contributed by atoms with Gasteiger partial charge in [0, 0.05) is 26.3 Å². The van der Waals surface area contributed by atoms with Crippen LogP contribution in [0.3, 0.4) is 0 Å². The second kappa shape index (κ2) is 8.45. The van der Waals surface area contributed by atoms with E-state index in [1.54, 1.807) is 7.11 Å². The quantitative estimate of drug-likeness (QED) is 0.690. The number of piperidine rings is 1. The zero-order valence-corrected chi connectivity index (χ0v) is 11.7. The number of ether oxygens (including phenoxy) is 1. The minimum Gasteiger partial charge on any atom is -0.385 e. The molecule has 5 nitrogen and oxygen atoms in total. The molecule has 0 aromatic heterocycles. The van der Waals surface area contributed by atoms with Crippen LogP contribution in [-0.4, -0.2) is 56.2 Å². The molecule has 1 aliphatic rings. The fourth-order valence-electron chi connectivity index (χ4n) is 2.30. The van der Waals surface area contributed by atoms with Gasteiger partial charge in [-0.2, -0.15) is 0 Å². The topological polar surface area (TPSA) is 67.6 Å². The summed E-state index contributed by atoms with van der Waals surface area (Å²) in [6.45, 7) is 5.78. The van der Waals surface area contributed by atoms with E-state index in [4.69, 9.17) is 10.5 Å². The highest BCUT2D eigenvalue weighted by molar-refractivity contribution is 5.81. The summed E-state index contributed by atoms with van der Waals surface area (Å²) in [7, 11) is 1.61. The van der Waals surface area contributed by atoms with Gasteiger partial charge in [-0.1, -0.05) is 6.42 Å². The highest BCUT2D eigenvalue weighted by atomic mass is 16.5. The van der Waals surface area contributed by atoms with Gasteiger partial charge in [0.25, 0.3) is 0 Å². The Labute approximate surface area is 110 Å². The minimum atomic E-state index is -0.464. The number of carbonyl (C=O) groups excluding carboxylic acids is 1. The number of amides is 1. The molecule has 0 aromatic carbocycles. The van der Waals surface area contributed by atoms with E-state index in [-0.39, 0.29) is 11.9 Å². The van der Waals surface area contributed by atoms with Crippen LogP contribution in [0.15, 0.2) is 0 Å². The van der Waals surface area contributed by atoms with Crippen molar-refractivity contribution < 1.29 is 9.53 Å². The van der Waals surface area contributed by atoms with Gasteiger partial charge >= 0.3 is 0 Å². The van der Waals surface area contributed by atoms with E-state index < -0.39 is 6.04 Å². The molecular formula is C13H27N3O2. The van der Waals surface area contributed by atoms with Gasteiger partial charge in [-0.15, -0.1) is 0 Å². The van der Waals surface area contributed by atoms with Crippen LogP contribution < -0.4 is 11.1 Å². The molecule has 0 aromatic rings. The van der Waals surface area contributed by atoms with Crippen molar-refractivity contribution in [2.45, 2.75) is 44.7 Å². The van der Waals surface area contributed by atoms with Crippen LogP contribution in [0.1, 0.15) is 32.6 Å². The van der Waals surface area contributed by atoms with Crippen molar-refractivity contribution in [1.82, 2.24) is 10.2 Å². The molecule has 0 aliphatic carbocycles. The van der Waals surface area contributed by atoms with Crippen LogP contribution >= 0.6 is 0 Å². The van der Waals surface area contributed by atoms with Crippen LogP contribution in [0, 0.1) is 0 Å². The number of hydrogen-bond donors (Lipinski definition) is 2. The Morgan fingerprint density at radius 1 is 1.39 bits per heavy atom. The Morgan fingerprint density at radius 3 is 2.67 bits per heavy atom. The monoisotopic (exact) mass is 257 g/mol. The van der Waals surface area contributed by atoms with Crippen molar-refractivity contribution in [3.8, 4) is 0 Å². The second-order valence-corrected chi connectivity index (χ2v) is 5.16. The van der Waals surface area contributed by atoms with Crippen molar-refractivity contribution in [3.63, 3.8) is 0 Å². The van der Waals surface area contributed by atoms with Gasteiger partial charge in [-0.25, -0.2) is 0 Å². The zero-order valence-electron chi connectivity index (χ0n) is 11.7. The zero-order chi connectivity index (χ0) is 13.4. The Morgan fingerprint density at radius 2 is 2.06 bits per heavy atom. The number of nitrogens with one attached hydrogen (secondary N) is 1. The van der Waals surface area contributed by atoms with E-state index in [1.165, 1.54) is 19.3 Å². The van der Waals surface area contributed by atoms with Crippen LogP contribution in [0.25, 0.3) is 0 Å². The Hall–Kier alpha value is -0.650. The van der Waals surface area contributed by atoms with Crippen LogP contribution in [0.5, 0.6) is 0 Å². The maximum atomic E-state index is 11.8. The molecule has 2 atom stereocenters. The number of carbonyl (C=O) groups is 1. The molecule has 1 rings (SSSR count). The Kier molecular flexibility index (Phi) is 7.23. The van der Waals surface area contributed by atoms with E-state index in [0.717, 1.165) is 19.6 Å². The lowest BCUT2D eigenvalue weighted by Gasteiger charge is -2.29. The number of likely N-dealkylation sites (tertiary alicyclic amines) is 1. The number of nitrogens with two attached hydrogens (primary N) is 1. The van der Waals surface area contributed by atoms with Crippen molar-refractivity contribution in [1.29, 1.82) is 0 Å². The molecule has 106 valence electrons. The average Bonchev–Trinajstić information content (AvgIpc) is 2.36. The average molecular weight is 257 g/mol. The molecular weight excluding hydrogens is 230 g/mol. The predicted molar refractivity (Wildman–Crippen MR) is 72.4 cm³/mol. The minimum absolute atomic E-state index is 0.0726. The van der Waals surface area contributed by atoms with Crippen molar-refractivity contribution >= 4 is 5.91 Å². The van der Waals surface area contributed by atoms with Crippen molar-refractivity contribution in [2.24, 2.45) is 5.73 Å². The fraction of sp³-hybridized carbons (Fsp3) is 0.923. The molecule has 5 heteroatoms. The SMILES string of the molecule is COCCC(N)C(=O)NC(C)CN1CCCCC1. The van der Waals surface area contributed by atoms with Gasteiger partial charge < -0.3 is 20.7 Å². The molecule has 18 heavy (non-hydrogen) atoms. The van der Waals surface area contributed by atoms with Crippen molar-refractivity contribution in [2.75, 3.05) is 33.4 Å². The molecule has 3 N–H and O–H groups in total. The highest BCUT2D eigenvalue weighted by Gasteiger charge is 2.18. The molecule has 1 fully saturated rings. The number of hydrogen-bond acceptors (Lipinski definition) is 4. The summed E-state index contributed by atoms with van der Waals surface area (Å²) in [4.78, 5) is 14.2. The summed E-state index contributed by atoms with van der Waals surface area (Å²) in [6, 6.07) is -0.307. The van der Waals surface area contributed by atoms with Gasteiger partial charge in [0.1, 0.15) is 0 Å². The van der Waals surface area contributed by atoms with E-state index in [1.807, 2.05) is 6.92 Å². The molecule has 0 saturated carbocycles. The fourth-order valence-corrected chi connectivity index (χ4v) is 2.30. The normalized spacial score (nSPS) is 20.4. The summed E-state index contributed by atoms with van der Waals surface area (Å²) < 4.78 is 4.92. The van der Waals surface area contributed by atoms with Gasteiger partial charge in [0.2, 0.25) is 5.91 Å². The van der Waals surface area contributed by atoms with Crippen molar-refractivity contribution in [3.05, 3.63) is 0 Å². The summed E-state index contributed by atoms with van der Waals surface area (Å²) in [5.41, 5.74) is 5.78. The highest BCUT2D eigenvalue weighted by Crippen LogP contribution is 2.08. The van der Waals surface area contributed by atoms with Gasteiger partial charge in [0.15, 0.2) is 0 Å². The third-order valence-electron chi connectivity index (χ3n) is 3.34. The second-order valence-electron chi connectivity index (χ2n) is 5.16. The van der Waals surface area contributed by atoms with E-state index in [2.05, 4.69) is 10.2 Å². The first kappa shape index (κ1) is 15.4. The lowest BCUT2D eigenvalue weighted by Crippen LogP contribution is -2.49. The van der Waals surface area contributed by atoms with Crippen LogP contribution in [0.2, 0.25) is 0 Å². The van der Waals surface area contributed by atoms with E-state index in [0.29, 0.717) is 13.0 Å². The maximum absolute atomic E-state index is 11.8. The third kappa shape index (κ3) is 5.80. The predicted octanol–water partition coefficient (Wildman–Crippen LogP) is 0.341. The number of nitrogens with zero attached hydrogens (tertiary/aromatic N) is 1. The standard InChI is InChI=1S/C13H27N3O2/c1-11(10-16-7-4-3-5-8-16)15-13(17)12(14)6-9-18-2/h11-12H,3-10,14H2,1-2H3,(H,15,17). The molecule has 1 heterocycles. The van der Waals surface area contributed by atoms with E-state index >= 15 is 0 Å². The lowest BCUT2D eigenvalue weighted by atomic mass is 10.1. The molecule has 2 unspecified atom stereocenters. The Balaban J connectivity index is 2.21. The first-order valence-corrected chi connectivity index (χ1v) is 6.90. The molecule has 0 spiro atoms. The van der Waals surface area contributed by atoms with Gasteiger partial charge in [-0.05, 0) is 39.3 Å². The summed E-state index contributed by atoms with van der Waals surface area (Å²) in [5.74, 6) is -0.0726. The largest absolute Gasteiger partial charge is 0.385 e. The van der Waals surface area contributed by atoms with Gasteiger partial charge in [-0.3, -0.25) is 4.79 Å². The molecule has 0 radical (unpaired) electrons. The summed E-state index contributed by atoms with van der Waals surface area (Å²) >= 11 is 0. The molecule has 1 aliphatic heterocycles. The third-order valence-corrected chi connectivity index (χ3v) is 3.34. The molecule has 0 bridgehead atoms. The van der Waals surface area contributed by atoms with Gasteiger partial charge in [0.05, 0.1) is 6.04 Å². The number of rotatable bonds is 7. The summed E-state index contributed by atoms with van der Waals surface area (Å²) in [6.07, 6.45) is 4.44. The van der Waals surface area contributed by atoms with Crippen LogP contribution in [-0.2, 0) is 9.53 Å². The molecule has 1 saturated heterocycles.